The second-order valence-electron chi connectivity index (χ2n) is 6.07. The topological polar surface area (TPSA) is 35.5 Å². The quantitative estimate of drug-likeness (QED) is 0.793. The maximum atomic E-state index is 4.73. The van der Waals surface area contributed by atoms with Gasteiger partial charge in [0.05, 0.1) is 0 Å². The minimum absolute atomic E-state index is 0.688. The van der Waals surface area contributed by atoms with Crippen molar-refractivity contribution in [1.29, 1.82) is 0 Å². The lowest BCUT2D eigenvalue weighted by molar-refractivity contribution is 0.310. The normalized spacial score (nSPS) is 26.8. The lowest BCUT2D eigenvalue weighted by Gasteiger charge is -2.22. The molecule has 5 nitrogen and oxygen atoms in total. The highest BCUT2D eigenvalue weighted by Crippen LogP contribution is 2.32. The second kappa shape index (κ2) is 4.63. The van der Waals surface area contributed by atoms with Crippen LogP contribution in [0.2, 0.25) is 0 Å². The third-order valence-corrected chi connectivity index (χ3v) is 4.46. The van der Waals surface area contributed by atoms with Crippen molar-refractivity contribution in [2.75, 3.05) is 50.6 Å². The predicted molar refractivity (Wildman–Crippen MR) is 77.8 cm³/mol. The van der Waals surface area contributed by atoms with Crippen LogP contribution in [0.15, 0.2) is 6.20 Å². The van der Waals surface area contributed by atoms with Crippen molar-refractivity contribution < 1.29 is 0 Å². The summed E-state index contributed by atoms with van der Waals surface area (Å²) in [6.07, 6.45) is 3.25. The smallest absolute Gasteiger partial charge is 0.227 e. The van der Waals surface area contributed by atoms with Gasteiger partial charge in [0.25, 0.3) is 0 Å². The fraction of sp³-hybridized carbons (Fsp3) is 0.714. The molecule has 2 saturated heterocycles. The van der Waals surface area contributed by atoms with Gasteiger partial charge < -0.3 is 14.7 Å². The minimum atomic E-state index is 0.688. The Bertz CT molecular complexity index is 473. The molecule has 2 aliphatic heterocycles. The third kappa shape index (κ3) is 2.16. The van der Waals surface area contributed by atoms with E-state index in [1.807, 2.05) is 20.3 Å². The van der Waals surface area contributed by atoms with Crippen molar-refractivity contribution in [2.24, 2.45) is 5.92 Å². The summed E-state index contributed by atoms with van der Waals surface area (Å²) >= 11 is 0. The molecule has 0 spiro atoms. The number of fused-ring (bicyclic) bond motifs is 1. The summed E-state index contributed by atoms with van der Waals surface area (Å²) in [7, 11) is 6.30. The number of nitrogens with zero attached hydrogens (tertiary/aromatic N) is 5. The molecule has 0 unspecified atom stereocenters. The molecule has 3 rings (SSSR count). The van der Waals surface area contributed by atoms with Gasteiger partial charge in [-0.3, -0.25) is 0 Å². The molecule has 1 aromatic heterocycles. The summed E-state index contributed by atoms with van der Waals surface area (Å²) in [5.41, 5.74) is 1.13. The summed E-state index contributed by atoms with van der Waals surface area (Å²) in [6.45, 7) is 5.47. The zero-order valence-electron chi connectivity index (χ0n) is 12.3. The number of likely N-dealkylation sites (tertiary alicyclic amines) is 1. The Labute approximate surface area is 115 Å². The number of anilines is 2. The molecule has 2 fully saturated rings. The molecule has 0 aromatic carbocycles. The van der Waals surface area contributed by atoms with E-state index in [0.717, 1.165) is 36.3 Å². The third-order valence-electron chi connectivity index (χ3n) is 4.46. The Hall–Kier alpha value is -1.36. The molecule has 0 radical (unpaired) electrons. The monoisotopic (exact) mass is 261 g/mol. The van der Waals surface area contributed by atoms with Crippen LogP contribution in [-0.2, 0) is 0 Å². The molecule has 0 N–H and O–H groups in total. The summed E-state index contributed by atoms with van der Waals surface area (Å²) < 4.78 is 0. The Morgan fingerprint density at radius 2 is 2.11 bits per heavy atom. The van der Waals surface area contributed by atoms with E-state index in [0.29, 0.717) is 6.04 Å². The summed E-state index contributed by atoms with van der Waals surface area (Å²) in [5.74, 6) is 2.70. The van der Waals surface area contributed by atoms with Gasteiger partial charge in [-0.15, -0.1) is 0 Å². The van der Waals surface area contributed by atoms with Crippen LogP contribution in [0.1, 0.15) is 12.0 Å². The predicted octanol–water partition coefficient (Wildman–Crippen LogP) is 0.991. The lowest BCUT2D eigenvalue weighted by atomic mass is 10.1. The molecule has 0 saturated carbocycles. The van der Waals surface area contributed by atoms with Crippen LogP contribution in [0.25, 0.3) is 0 Å². The van der Waals surface area contributed by atoms with E-state index in [2.05, 4.69) is 33.7 Å². The average molecular weight is 261 g/mol. The van der Waals surface area contributed by atoms with Gasteiger partial charge in [-0.2, -0.15) is 4.98 Å². The summed E-state index contributed by atoms with van der Waals surface area (Å²) in [6, 6.07) is 0.688. The SMILES string of the molecule is Cc1cnc(N2C[C@@H]3CCN(C)[C@@H]3C2)nc1N(C)C. The Morgan fingerprint density at radius 1 is 1.32 bits per heavy atom. The molecular formula is C14H23N5. The van der Waals surface area contributed by atoms with Gasteiger partial charge in [-0.1, -0.05) is 0 Å². The van der Waals surface area contributed by atoms with Gasteiger partial charge >= 0.3 is 0 Å². The Balaban J connectivity index is 1.82. The number of aryl methyl sites for hydroxylation is 1. The van der Waals surface area contributed by atoms with Gasteiger partial charge in [0.2, 0.25) is 5.95 Å². The van der Waals surface area contributed by atoms with Gasteiger partial charge in [-0.05, 0) is 32.9 Å². The number of hydrogen-bond acceptors (Lipinski definition) is 5. The van der Waals surface area contributed by atoms with Crippen LogP contribution in [0.4, 0.5) is 11.8 Å². The molecule has 2 atom stereocenters. The number of aromatic nitrogens is 2. The molecular weight excluding hydrogens is 238 g/mol. The van der Waals surface area contributed by atoms with E-state index in [1.54, 1.807) is 0 Å². The van der Waals surface area contributed by atoms with Crippen LogP contribution >= 0.6 is 0 Å². The molecule has 0 bridgehead atoms. The molecule has 0 amide bonds. The van der Waals surface area contributed by atoms with Crippen molar-refractivity contribution in [2.45, 2.75) is 19.4 Å². The number of hydrogen-bond donors (Lipinski definition) is 0. The molecule has 3 heterocycles. The van der Waals surface area contributed by atoms with E-state index in [1.165, 1.54) is 13.0 Å². The zero-order chi connectivity index (χ0) is 13.6. The van der Waals surface area contributed by atoms with Crippen molar-refractivity contribution in [3.8, 4) is 0 Å². The van der Waals surface area contributed by atoms with Crippen LogP contribution in [0, 0.1) is 12.8 Å². The Kier molecular flexibility index (Phi) is 3.09. The second-order valence-corrected chi connectivity index (χ2v) is 6.07. The summed E-state index contributed by atoms with van der Waals surface area (Å²) in [5, 5.41) is 0. The minimum Gasteiger partial charge on any atom is -0.362 e. The van der Waals surface area contributed by atoms with Crippen molar-refractivity contribution in [3.05, 3.63) is 11.8 Å². The first-order chi connectivity index (χ1) is 9.06. The molecule has 0 aliphatic carbocycles. The van der Waals surface area contributed by atoms with E-state index in [-0.39, 0.29) is 0 Å². The van der Waals surface area contributed by atoms with Crippen LogP contribution in [0.3, 0.4) is 0 Å². The molecule has 2 aliphatic rings. The zero-order valence-corrected chi connectivity index (χ0v) is 12.3. The van der Waals surface area contributed by atoms with E-state index < -0.39 is 0 Å². The Morgan fingerprint density at radius 3 is 2.79 bits per heavy atom. The standard InChI is InChI=1S/C14H23N5/c1-10-7-15-14(16-13(10)17(2)3)19-8-11-5-6-18(4)12(11)9-19/h7,11-12H,5-6,8-9H2,1-4H3/t11-,12+/m0/s1. The maximum Gasteiger partial charge on any atom is 0.227 e. The van der Waals surface area contributed by atoms with E-state index in [4.69, 9.17) is 4.98 Å². The molecule has 104 valence electrons. The fourth-order valence-electron chi connectivity index (χ4n) is 3.36. The van der Waals surface area contributed by atoms with Crippen molar-refractivity contribution in [1.82, 2.24) is 14.9 Å². The highest BCUT2D eigenvalue weighted by molar-refractivity contribution is 5.49. The first-order valence-electron chi connectivity index (χ1n) is 7.02. The highest BCUT2D eigenvalue weighted by Gasteiger charge is 2.40. The largest absolute Gasteiger partial charge is 0.362 e. The lowest BCUT2D eigenvalue weighted by Crippen LogP contribution is -2.32. The van der Waals surface area contributed by atoms with Gasteiger partial charge in [-0.25, -0.2) is 4.98 Å². The van der Waals surface area contributed by atoms with Gasteiger partial charge in [0.15, 0.2) is 0 Å². The fourth-order valence-corrected chi connectivity index (χ4v) is 3.36. The first kappa shape index (κ1) is 12.7. The number of likely N-dealkylation sites (N-methyl/N-ethyl adjacent to an activating group) is 1. The first-order valence-corrected chi connectivity index (χ1v) is 7.02. The van der Waals surface area contributed by atoms with Crippen molar-refractivity contribution in [3.63, 3.8) is 0 Å². The molecule has 19 heavy (non-hydrogen) atoms. The van der Waals surface area contributed by atoms with Crippen LogP contribution < -0.4 is 9.80 Å². The van der Waals surface area contributed by atoms with Gasteiger partial charge in [0, 0.05) is 45.0 Å². The van der Waals surface area contributed by atoms with Gasteiger partial charge in [0.1, 0.15) is 5.82 Å². The molecule has 5 heteroatoms. The van der Waals surface area contributed by atoms with E-state index in [9.17, 15) is 0 Å². The maximum absolute atomic E-state index is 4.73. The van der Waals surface area contributed by atoms with E-state index >= 15 is 0 Å². The van der Waals surface area contributed by atoms with Crippen LogP contribution in [-0.4, -0.2) is 61.7 Å². The molecule has 1 aromatic rings. The van der Waals surface area contributed by atoms with Crippen molar-refractivity contribution >= 4 is 11.8 Å². The van der Waals surface area contributed by atoms with Crippen LogP contribution in [0.5, 0.6) is 0 Å². The number of rotatable bonds is 2. The summed E-state index contributed by atoms with van der Waals surface area (Å²) in [4.78, 5) is 16.1. The highest BCUT2D eigenvalue weighted by atomic mass is 15.3. The average Bonchev–Trinajstić information content (AvgIpc) is 2.92.